The number of nitrogens with one attached hydrogen (secondary N) is 1. The van der Waals surface area contributed by atoms with Crippen molar-refractivity contribution < 1.29 is 8.42 Å². The second kappa shape index (κ2) is 7.20. The molecule has 1 fully saturated rings. The van der Waals surface area contributed by atoms with Gasteiger partial charge in [0, 0.05) is 32.7 Å². The maximum absolute atomic E-state index is 12.4. The van der Waals surface area contributed by atoms with Crippen molar-refractivity contribution in [3.63, 3.8) is 0 Å². The Kier molecular flexibility index (Phi) is 5.55. The number of thiocarbonyl (C=S) groups is 1. The van der Waals surface area contributed by atoms with Gasteiger partial charge in [-0.1, -0.05) is 30.3 Å². The lowest BCUT2D eigenvalue weighted by atomic mass is 10.2. The summed E-state index contributed by atoms with van der Waals surface area (Å²) in [7, 11) is -3.25. The van der Waals surface area contributed by atoms with E-state index in [1.54, 1.807) is 4.31 Å². The highest BCUT2D eigenvalue weighted by Gasteiger charge is 2.27. The van der Waals surface area contributed by atoms with E-state index < -0.39 is 10.0 Å². The van der Waals surface area contributed by atoms with Crippen molar-refractivity contribution in [2.75, 3.05) is 32.7 Å². The van der Waals surface area contributed by atoms with Gasteiger partial charge in [-0.2, -0.15) is 4.31 Å². The largest absolute Gasteiger partial charge is 0.363 e. The van der Waals surface area contributed by atoms with E-state index in [2.05, 4.69) is 5.32 Å². The Bertz CT molecular complexity index is 567. The van der Waals surface area contributed by atoms with Gasteiger partial charge in [-0.15, -0.1) is 0 Å². The molecule has 2 rings (SSSR count). The zero-order chi connectivity index (χ0) is 15.3. The van der Waals surface area contributed by atoms with Crippen LogP contribution in [-0.2, 0) is 15.8 Å². The van der Waals surface area contributed by atoms with E-state index in [1.807, 2.05) is 42.2 Å². The van der Waals surface area contributed by atoms with E-state index in [4.69, 9.17) is 12.2 Å². The molecule has 0 aliphatic carbocycles. The molecule has 21 heavy (non-hydrogen) atoms. The van der Waals surface area contributed by atoms with Gasteiger partial charge in [-0.05, 0) is 24.7 Å². The van der Waals surface area contributed by atoms with Crippen molar-refractivity contribution in [2.24, 2.45) is 0 Å². The number of benzene rings is 1. The zero-order valence-electron chi connectivity index (χ0n) is 12.2. The Morgan fingerprint density at radius 1 is 1.19 bits per heavy atom. The molecule has 0 unspecified atom stereocenters. The van der Waals surface area contributed by atoms with Crippen molar-refractivity contribution in [2.45, 2.75) is 12.7 Å². The molecule has 5 nitrogen and oxygen atoms in total. The van der Waals surface area contributed by atoms with Gasteiger partial charge in [0.1, 0.15) is 0 Å². The molecule has 1 aliphatic rings. The van der Waals surface area contributed by atoms with Crippen molar-refractivity contribution >= 4 is 27.4 Å². The van der Waals surface area contributed by atoms with E-state index in [0.717, 1.165) is 12.1 Å². The van der Waals surface area contributed by atoms with E-state index in [0.29, 0.717) is 31.3 Å². The maximum Gasteiger partial charge on any atom is 0.218 e. The third-order valence-electron chi connectivity index (χ3n) is 3.44. The summed E-state index contributed by atoms with van der Waals surface area (Å²) in [6.07, 6.45) is 0. The summed E-state index contributed by atoms with van der Waals surface area (Å²) < 4.78 is 26.4. The van der Waals surface area contributed by atoms with Crippen LogP contribution >= 0.6 is 12.2 Å². The van der Waals surface area contributed by atoms with Crippen LogP contribution in [0.25, 0.3) is 0 Å². The van der Waals surface area contributed by atoms with Crippen molar-refractivity contribution in [1.29, 1.82) is 0 Å². The number of hydrogen-bond donors (Lipinski definition) is 1. The predicted octanol–water partition coefficient (Wildman–Crippen LogP) is 1.03. The Labute approximate surface area is 132 Å². The van der Waals surface area contributed by atoms with Gasteiger partial charge in [-0.25, -0.2) is 8.42 Å². The number of sulfonamides is 1. The van der Waals surface area contributed by atoms with Crippen LogP contribution < -0.4 is 5.32 Å². The number of rotatable bonds is 4. The van der Waals surface area contributed by atoms with Gasteiger partial charge in [-0.3, -0.25) is 0 Å². The topological polar surface area (TPSA) is 52.6 Å². The van der Waals surface area contributed by atoms with Crippen LogP contribution in [0.4, 0.5) is 0 Å². The highest BCUT2D eigenvalue weighted by Crippen LogP contribution is 2.13. The summed E-state index contributed by atoms with van der Waals surface area (Å²) in [6.45, 7) is 5.03. The second-order valence-corrected chi connectivity index (χ2v) is 7.32. The Balaban J connectivity index is 1.93. The second-order valence-electron chi connectivity index (χ2n) is 4.96. The van der Waals surface area contributed by atoms with Gasteiger partial charge in [0.15, 0.2) is 5.11 Å². The van der Waals surface area contributed by atoms with E-state index in [1.165, 1.54) is 0 Å². The summed E-state index contributed by atoms with van der Waals surface area (Å²) in [5.74, 6) is 0.0610. The normalized spacial score (nSPS) is 16.7. The Hall–Kier alpha value is -1.18. The smallest absolute Gasteiger partial charge is 0.218 e. The number of piperazine rings is 1. The predicted molar refractivity (Wildman–Crippen MR) is 88.5 cm³/mol. The molecule has 1 heterocycles. The van der Waals surface area contributed by atoms with Crippen LogP contribution in [0.5, 0.6) is 0 Å². The fourth-order valence-corrected chi connectivity index (χ4v) is 4.15. The monoisotopic (exact) mass is 327 g/mol. The fourth-order valence-electron chi connectivity index (χ4n) is 2.31. The first-order valence-electron chi connectivity index (χ1n) is 7.07. The third-order valence-corrected chi connectivity index (χ3v) is 5.69. The molecule has 1 saturated heterocycles. The molecular formula is C14H21N3O2S2. The molecule has 116 valence electrons. The maximum atomic E-state index is 12.4. The molecule has 1 aliphatic heterocycles. The molecule has 1 aromatic carbocycles. The molecule has 7 heteroatoms. The lowest BCUT2D eigenvalue weighted by molar-refractivity contribution is 0.264. The van der Waals surface area contributed by atoms with Crippen molar-refractivity contribution in [3.8, 4) is 0 Å². The molecule has 0 radical (unpaired) electrons. The van der Waals surface area contributed by atoms with Gasteiger partial charge in [0.2, 0.25) is 10.0 Å². The summed E-state index contributed by atoms with van der Waals surface area (Å²) in [6, 6.07) is 9.29. The fraction of sp³-hybridized carbons (Fsp3) is 0.500. The first-order valence-corrected chi connectivity index (χ1v) is 9.09. The SMILES string of the molecule is CCNC(=S)N1CCN(S(=O)(=O)Cc2ccccc2)CC1. The molecule has 0 aromatic heterocycles. The van der Waals surface area contributed by atoms with E-state index in [9.17, 15) is 8.42 Å². The summed E-state index contributed by atoms with van der Waals surface area (Å²) in [5, 5.41) is 3.80. The van der Waals surface area contributed by atoms with Crippen molar-refractivity contribution in [3.05, 3.63) is 35.9 Å². The summed E-state index contributed by atoms with van der Waals surface area (Å²) in [5.41, 5.74) is 0.822. The minimum Gasteiger partial charge on any atom is -0.363 e. The average Bonchev–Trinajstić information content (AvgIpc) is 2.48. The lowest BCUT2D eigenvalue weighted by Crippen LogP contribution is -2.53. The van der Waals surface area contributed by atoms with Crippen LogP contribution in [-0.4, -0.2) is 55.5 Å². The molecule has 0 amide bonds. The molecule has 0 spiro atoms. The molecule has 0 saturated carbocycles. The molecular weight excluding hydrogens is 306 g/mol. The third kappa shape index (κ3) is 4.39. The quantitative estimate of drug-likeness (QED) is 0.837. The minimum absolute atomic E-state index is 0.0610. The van der Waals surface area contributed by atoms with Crippen LogP contribution in [0.2, 0.25) is 0 Å². The van der Waals surface area contributed by atoms with Crippen molar-refractivity contribution in [1.82, 2.24) is 14.5 Å². The highest BCUT2D eigenvalue weighted by molar-refractivity contribution is 7.88. The summed E-state index contributed by atoms with van der Waals surface area (Å²) >= 11 is 5.26. The van der Waals surface area contributed by atoms with Crippen LogP contribution in [0.15, 0.2) is 30.3 Å². The first-order chi connectivity index (χ1) is 10.0. The van der Waals surface area contributed by atoms with E-state index >= 15 is 0 Å². The zero-order valence-corrected chi connectivity index (χ0v) is 13.8. The van der Waals surface area contributed by atoms with E-state index in [-0.39, 0.29) is 5.75 Å². The Morgan fingerprint density at radius 3 is 2.38 bits per heavy atom. The lowest BCUT2D eigenvalue weighted by Gasteiger charge is -2.35. The van der Waals surface area contributed by atoms with Gasteiger partial charge in [0.05, 0.1) is 5.75 Å². The Morgan fingerprint density at radius 2 is 1.81 bits per heavy atom. The highest BCUT2D eigenvalue weighted by atomic mass is 32.2. The van der Waals surface area contributed by atoms with Gasteiger partial charge in [0.25, 0.3) is 0 Å². The van der Waals surface area contributed by atoms with Gasteiger partial charge >= 0.3 is 0 Å². The average molecular weight is 327 g/mol. The van der Waals surface area contributed by atoms with Crippen LogP contribution in [0, 0.1) is 0 Å². The molecule has 0 atom stereocenters. The molecule has 1 aromatic rings. The molecule has 0 bridgehead atoms. The number of hydrogen-bond acceptors (Lipinski definition) is 3. The van der Waals surface area contributed by atoms with Crippen LogP contribution in [0.3, 0.4) is 0 Å². The molecule has 1 N–H and O–H groups in total. The van der Waals surface area contributed by atoms with Crippen LogP contribution in [0.1, 0.15) is 12.5 Å². The van der Waals surface area contributed by atoms with Gasteiger partial charge < -0.3 is 10.2 Å². The minimum atomic E-state index is -3.25. The standard InChI is InChI=1S/C14H21N3O2S2/c1-2-15-14(20)16-8-10-17(11-9-16)21(18,19)12-13-6-4-3-5-7-13/h3-7H,2,8-12H2,1H3,(H,15,20). The number of nitrogens with zero attached hydrogens (tertiary/aromatic N) is 2. The summed E-state index contributed by atoms with van der Waals surface area (Å²) in [4.78, 5) is 2.02. The first kappa shape index (κ1) is 16.2.